The molecular weight excluding hydrogens is 194 g/mol. The second-order valence-corrected chi connectivity index (χ2v) is 5.53. The second-order valence-electron chi connectivity index (χ2n) is 5.53. The van der Waals surface area contributed by atoms with Crippen molar-refractivity contribution in [3.8, 4) is 0 Å². The van der Waals surface area contributed by atoms with Crippen LogP contribution >= 0.6 is 0 Å². The molecule has 1 aliphatic rings. The van der Waals surface area contributed by atoms with E-state index < -0.39 is 0 Å². The molecule has 1 heteroatoms. The third-order valence-electron chi connectivity index (χ3n) is 3.90. The highest BCUT2D eigenvalue weighted by molar-refractivity contribution is 5.32. The smallest absolute Gasteiger partial charge is 0.0195 e. The lowest BCUT2D eigenvalue weighted by molar-refractivity contribution is 0.294. The Morgan fingerprint density at radius 1 is 1.12 bits per heavy atom. The molecule has 1 nitrogen and oxygen atoms in total. The predicted octanol–water partition coefficient (Wildman–Crippen LogP) is 3.51. The highest BCUT2D eigenvalue weighted by Gasteiger charge is 2.27. The van der Waals surface area contributed by atoms with Crippen LogP contribution in [0.15, 0.2) is 18.2 Å². The monoisotopic (exact) mass is 217 g/mol. The van der Waals surface area contributed by atoms with Crippen LogP contribution in [0.2, 0.25) is 0 Å². The van der Waals surface area contributed by atoms with Gasteiger partial charge in [0.1, 0.15) is 0 Å². The molecule has 16 heavy (non-hydrogen) atoms. The molecule has 0 bridgehead atoms. The molecule has 0 heterocycles. The fraction of sp³-hybridized carbons (Fsp3) is 0.600. The number of benzene rings is 1. The maximum atomic E-state index is 6.51. The minimum Gasteiger partial charge on any atom is -0.325 e. The lowest BCUT2D eigenvalue weighted by Crippen LogP contribution is -2.43. The van der Waals surface area contributed by atoms with Gasteiger partial charge in [0, 0.05) is 5.54 Å². The minimum absolute atomic E-state index is 0.0663. The molecule has 0 saturated heterocycles. The summed E-state index contributed by atoms with van der Waals surface area (Å²) < 4.78 is 0. The average molecular weight is 217 g/mol. The second kappa shape index (κ2) is 4.58. The molecule has 1 aromatic carbocycles. The molecule has 0 unspecified atom stereocenters. The van der Waals surface area contributed by atoms with Gasteiger partial charge in [-0.2, -0.15) is 0 Å². The molecule has 0 aliphatic heterocycles. The maximum Gasteiger partial charge on any atom is 0.0195 e. The average Bonchev–Trinajstić information content (AvgIpc) is 2.24. The van der Waals surface area contributed by atoms with E-state index in [4.69, 9.17) is 5.73 Å². The standard InChI is InChI=1S/C15H23N/c1-12-6-7-13(2)14(10-12)11-15(16)8-4-3-5-9-15/h6-7,10H,3-5,8-9,11,16H2,1-2H3. The fourth-order valence-electron chi connectivity index (χ4n) is 2.80. The van der Waals surface area contributed by atoms with E-state index >= 15 is 0 Å². The van der Waals surface area contributed by atoms with Crippen molar-refractivity contribution in [3.63, 3.8) is 0 Å². The molecule has 0 amide bonds. The molecule has 1 aliphatic carbocycles. The van der Waals surface area contributed by atoms with Crippen molar-refractivity contribution < 1.29 is 0 Å². The summed E-state index contributed by atoms with van der Waals surface area (Å²) in [6.45, 7) is 4.36. The highest BCUT2D eigenvalue weighted by Crippen LogP contribution is 2.30. The van der Waals surface area contributed by atoms with Gasteiger partial charge >= 0.3 is 0 Å². The molecule has 0 radical (unpaired) electrons. The molecule has 0 spiro atoms. The first-order valence-corrected chi connectivity index (χ1v) is 6.44. The van der Waals surface area contributed by atoms with Gasteiger partial charge in [-0.05, 0) is 44.2 Å². The fourth-order valence-corrected chi connectivity index (χ4v) is 2.80. The van der Waals surface area contributed by atoms with Gasteiger partial charge in [0.2, 0.25) is 0 Å². The van der Waals surface area contributed by atoms with E-state index in [0.29, 0.717) is 0 Å². The van der Waals surface area contributed by atoms with Gasteiger partial charge in [0.15, 0.2) is 0 Å². The first kappa shape index (κ1) is 11.7. The maximum absolute atomic E-state index is 6.51. The summed E-state index contributed by atoms with van der Waals surface area (Å²) in [6.07, 6.45) is 7.43. The van der Waals surface area contributed by atoms with E-state index in [1.54, 1.807) is 0 Å². The zero-order valence-electron chi connectivity index (χ0n) is 10.6. The molecule has 0 atom stereocenters. The number of hydrogen-bond acceptors (Lipinski definition) is 1. The van der Waals surface area contributed by atoms with E-state index in [1.165, 1.54) is 48.8 Å². The lowest BCUT2D eigenvalue weighted by atomic mass is 9.77. The first-order chi connectivity index (χ1) is 7.59. The lowest BCUT2D eigenvalue weighted by Gasteiger charge is -2.34. The number of rotatable bonds is 2. The van der Waals surface area contributed by atoms with Crippen molar-refractivity contribution >= 4 is 0 Å². The molecule has 1 saturated carbocycles. The topological polar surface area (TPSA) is 26.0 Å². The SMILES string of the molecule is Cc1ccc(C)c(CC2(N)CCCCC2)c1. The minimum atomic E-state index is 0.0663. The van der Waals surface area contributed by atoms with E-state index in [9.17, 15) is 0 Å². The summed E-state index contributed by atoms with van der Waals surface area (Å²) in [5.74, 6) is 0. The Bertz CT molecular complexity index is 362. The van der Waals surface area contributed by atoms with Crippen LogP contribution in [-0.2, 0) is 6.42 Å². The number of hydrogen-bond donors (Lipinski definition) is 1. The van der Waals surface area contributed by atoms with Crippen LogP contribution in [0.5, 0.6) is 0 Å². The Morgan fingerprint density at radius 3 is 2.50 bits per heavy atom. The van der Waals surface area contributed by atoms with Gasteiger partial charge < -0.3 is 5.73 Å². The summed E-state index contributed by atoms with van der Waals surface area (Å²) >= 11 is 0. The van der Waals surface area contributed by atoms with Gasteiger partial charge in [0.05, 0.1) is 0 Å². The van der Waals surface area contributed by atoms with Crippen molar-refractivity contribution in [2.75, 3.05) is 0 Å². The quantitative estimate of drug-likeness (QED) is 0.806. The third-order valence-corrected chi connectivity index (χ3v) is 3.90. The Labute approximate surface area is 99.0 Å². The predicted molar refractivity (Wildman–Crippen MR) is 69.6 cm³/mol. The van der Waals surface area contributed by atoms with Crippen molar-refractivity contribution in [2.24, 2.45) is 5.73 Å². The summed E-state index contributed by atoms with van der Waals surface area (Å²) in [5.41, 5.74) is 10.8. The van der Waals surface area contributed by atoms with Crippen LogP contribution in [-0.4, -0.2) is 5.54 Å². The molecule has 0 aromatic heterocycles. The summed E-state index contributed by atoms with van der Waals surface area (Å²) in [4.78, 5) is 0. The zero-order chi connectivity index (χ0) is 11.6. The van der Waals surface area contributed by atoms with Crippen molar-refractivity contribution in [1.82, 2.24) is 0 Å². The number of aryl methyl sites for hydroxylation is 2. The van der Waals surface area contributed by atoms with Crippen molar-refractivity contribution in [3.05, 3.63) is 34.9 Å². The molecule has 2 N–H and O–H groups in total. The van der Waals surface area contributed by atoms with Gasteiger partial charge in [-0.15, -0.1) is 0 Å². The molecular formula is C15H23N. The van der Waals surface area contributed by atoms with E-state index in [-0.39, 0.29) is 5.54 Å². The summed E-state index contributed by atoms with van der Waals surface area (Å²) in [6, 6.07) is 6.71. The van der Waals surface area contributed by atoms with Crippen LogP contribution in [0.3, 0.4) is 0 Å². The molecule has 88 valence electrons. The Balaban J connectivity index is 2.15. The van der Waals surface area contributed by atoms with Crippen LogP contribution in [0.4, 0.5) is 0 Å². The normalized spacial score (nSPS) is 19.7. The third kappa shape index (κ3) is 2.65. The highest BCUT2D eigenvalue weighted by atomic mass is 14.7. The van der Waals surface area contributed by atoms with E-state index in [0.717, 1.165) is 6.42 Å². The molecule has 1 fully saturated rings. The Hall–Kier alpha value is -0.820. The Kier molecular flexibility index (Phi) is 3.34. The van der Waals surface area contributed by atoms with E-state index in [2.05, 4.69) is 32.0 Å². The summed E-state index contributed by atoms with van der Waals surface area (Å²) in [5, 5.41) is 0. The summed E-state index contributed by atoms with van der Waals surface area (Å²) in [7, 11) is 0. The van der Waals surface area contributed by atoms with Crippen molar-refractivity contribution in [1.29, 1.82) is 0 Å². The van der Waals surface area contributed by atoms with Crippen LogP contribution in [0, 0.1) is 13.8 Å². The molecule has 1 aromatic rings. The largest absolute Gasteiger partial charge is 0.325 e. The van der Waals surface area contributed by atoms with Gasteiger partial charge in [-0.1, -0.05) is 43.0 Å². The Morgan fingerprint density at radius 2 is 1.81 bits per heavy atom. The van der Waals surface area contributed by atoms with Crippen molar-refractivity contribution in [2.45, 2.75) is 57.9 Å². The molecule has 2 rings (SSSR count). The van der Waals surface area contributed by atoms with Gasteiger partial charge in [0.25, 0.3) is 0 Å². The number of nitrogens with two attached hydrogens (primary N) is 1. The van der Waals surface area contributed by atoms with Gasteiger partial charge in [-0.25, -0.2) is 0 Å². The zero-order valence-corrected chi connectivity index (χ0v) is 10.6. The van der Waals surface area contributed by atoms with Crippen LogP contribution < -0.4 is 5.73 Å². The van der Waals surface area contributed by atoms with E-state index in [1.807, 2.05) is 0 Å². The van der Waals surface area contributed by atoms with Gasteiger partial charge in [-0.3, -0.25) is 0 Å². The first-order valence-electron chi connectivity index (χ1n) is 6.44. The van der Waals surface area contributed by atoms with Crippen LogP contribution in [0.1, 0.15) is 48.8 Å². The van der Waals surface area contributed by atoms with Crippen LogP contribution in [0.25, 0.3) is 0 Å².